The van der Waals surface area contributed by atoms with Gasteiger partial charge in [0.25, 0.3) is 5.91 Å². The largest absolute Gasteiger partial charge is 0.462 e. The first-order chi connectivity index (χ1) is 9.75. The molecule has 20 heavy (non-hydrogen) atoms. The number of piperidine rings is 1. The Bertz CT molecular complexity index is 573. The van der Waals surface area contributed by atoms with Crippen molar-refractivity contribution >= 4 is 17.2 Å². The average molecular weight is 291 g/mol. The number of hydrogen-bond acceptors (Lipinski definition) is 5. The smallest absolute Gasteiger partial charge is 0.265 e. The summed E-state index contributed by atoms with van der Waals surface area (Å²) in [4.78, 5) is 19.3. The molecule has 6 heteroatoms. The van der Waals surface area contributed by atoms with E-state index in [1.807, 2.05) is 24.1 Å². The third-order valence-corrected chi connectivity index (χ3v) is 4.63. The van der Waals surface area contributed by atoms with Crippen molar-refractivity contribution in [2.24, 2.45) is 0 Å². The summed E-state index contributed by atoms with van der Waals surface area (Å²) in [5.74, 6) is 0.755. The van der Waals surface area contributed by atoms with Crippen LogP contribution >= 0.6 is 11.3 Å². The second-order valence-electron chi connectivity index (χ2n) is 4.90. The molecule has 5 nitrogen and oxygen atoms in total. The highest BCUT2D eigenvalue weighted by Gasteiger charge is 2.24. The molecule has 0 unspecified atom stereocenters. The molecule has 2 aromatic heterocycles. The van der Waals surface area contributed by atoms with Gasteiger partial charge in [0.15, 0.2) is 10.8 Å². The maximum atomic E-state index is 12.5. The van der Waals surface area contributed by atoms with E-state index in [2.05, 4.69) is 10.3 Å². The van der Waals surface area contributed by atoms with E-state index in [1.165, 1.54) is 11.3 Å². The predicted octanol–water partition coefficient (Wildman–Crippen LogP) is 2.23. The molecule has 1 aliphatic rings. The third-order valence-electron chi connectivity index (χ3n) is 3.63. The Morgan fingerprint density at radius 2 is 2.30 bits per heavy atom. The Labute approximate surface area is 121 Å². The van der Waals surface area contributed by atoms with Gasteiger partial charge in [0.2, 0.25) is 0 Å². The van der Waals surface area contributed by atoms with Crippen molar-refractivity contribution in [1.82, 2.24) is 15.2 Å². The number of rotatable bonds is 3. The van der Waals surface area contributed by atoms with E-state index in [9.17, 15) is 4.79 Å². The molecule has 3 heterocycles. The molecule has 0 aromatic carbocycles. The van der Waals surface area contributed by atoms with Crippen LogP contribution in [0.3, 0.4) is 0 Å². The van der Waals surface area contributed by atoms with Crippen LogP contribution < -0.4 is 5.32 Å². The minimum absolute atomic E-state index is 0.0483. The molecule has 0 spiro atoms. The second kappa shape index (κ2) is 5.76. The van der Waals surface area contributed by atoms with Crippen LogP contribution in [0, 0.1) is 0 Å². The summed E-state index contributed by atoms with van der Waals surface area (Å²) in [6.45, 7) is 1.95. The van der Waals surface area contributed by atoms with Gasteiger partial charge in [-0.05, 0) is 38.1 Å². The van der Waals surface area contributed by atoms with Gasteiger partial charge < -0.3 is 14.6 Å². The Hall–Kier alpha value is -1.66. The maximum absolute atomic E-state index is 12.5. The highest BCUT2D eigenvalue weighted by atomic mass is 32.1. The van der Waals surface area contributed by atoms with Gasteiger partial charge >= 0.3 is 0 Å². The molecular weight excluding hydrogens is 274 g/mol. The average Bonchev–Trinajstić information content (AvgIpc) is 3.17. The molecule has 106 valence electrons. The quantitative estimate of drug-likeness (QED) is 0.942. The first-order valence-corrected chi connectivity index (χ1v) is 7.55. The SMILES string of the molecule is CN(C(=O)c1cnc(-c2ccco2)s1)C1CCNCC1. The van der Waals surface area contributed by atoms with Gasteiger partial charge in [0, 0.05) is 13.1 Å². The van der Waals surface area contributed by atoms with Gasteiger partial charge in [0.1, 0.15) is 4.88 Å². The van der Waals surface area contributed by atoms with Crippen LogP contribution in [0.4, 0.5) is 0 Å². The van der Waals surface area contributed by atoms with Crippen molar-refractivity contribution in [3.05, 3.63) is 29.5 Å². The van der Waals surface area contributed by atoms with Crippen LogP contribution in [-0.2, 0) is 0 Å². The molecule has 1 saturated heterocycles. The minimum Gasteiger partial charge on any atom is -0.462 e. The van der Waals surface area contributed by atoms with E-state index in [0.29, 0.717) is 16.7 Å². The van der Waals surface area contributed by atoms with Gasteiger partial charge in [-0.3, -0.25) is 4.79 Å². The summed E-state index contributed by atoms with van der Waals surface area (Å²) in [5.41, 5.74) is 0. The lowest BCUT2D eigenvalue weighted by Crippen LogP contribution is -2.43. The number of aromatic nitrogens is 1. The molecule has 0 saturated carbocycles. The Morgan fingerprint density at radius 1 is 1.50 bits per heavy atom. The van der Waals surface area contributed by atoms with Crippen molar-refractivity contribution in [2.45, 2.75) is 18.9 Å². The van der Waals surface area contributed by atoms with Crippen molar-refractivity contribution in [1.29, 1.82) is 0 Å². The molecule has 1 fully saturated rings. The lowest BCUT2D eigenvalue weighted by atomic mass is 10.1. The van der Waals surface area contributed by atoms with Crippen molar-refractivity contribution in [3.63, 3.8) is 0 Å². The monoisotopic (exact) mass is 291 g/mol. The van der Waals surface area contributed by atoms with Crippen molar-refractivity contribution < 1.29 is 9.21 Å². The Morgan fingerprint density at radius 3 is 3.00 bits per heavy atom. The van der Waals surface area contributed by atoms with Crippen LogP contribution in [0.2, 0.25) is 0 Å². The fraction of sp³-hybridized carbons (Fsp3) is 0.429. The number of carbonyl (C=O) groups excluding carboxylic acids is 1. The first kappa shape index (κ1) is 13.3. The molecular formula is C14H17N3O2S. The summed E-state index contributed by atoms with van der Waals surface area (Å²) < 4.78 is 5.30. The van der Waals surface area contributed by atoms with E-state index in [4.69, 9.17) is 4.42 Å². The first-order valence-electron chi connectivity index (χ1n) is 6.73. The maximum Gasteiger partial charge on any atom is 0.265 e. The lowest BCUT2D eigenvalue weighted by molar-refractivity contribution is 0.0708. The molecule has 1 aliphatic heterocycles. The number of nitrogens with one attached hydrogen (secondary N) is 1. The molecule has 0 atom stereocenters. The highest BCUT2D eigenvalue weighted by Crippen LogP contribution is 2.26. The molecule has 0 bridgehead atoms. The number of furan rings is 1. The van der Waals surface area contributed by atoms with E-state index >= 15 is 0 Å². The molecule has 1 amide bonds. The van der Waals surface area contributed by atoms with Crippen LogP contribution in [0.15, 0.2) is 29.0 Å². The molecule has 0 radical (unpaired) electrons. The zero-order valence-corrected chi connectivity index (χ0v) is 12.2. The third kappa shape index (κ3) is 2.62. The number of thiazole rings is 1. The summed E-state index contributed by atoms with van der Waals surface area (Å²) in [6.07, 6.45) is 5.26. The van der Waals surface area contributed by atoms with Gasteiger partial charge in [-0.25, -0.2) is 4.98 Å². The highest BCUT2D eigenvalue weighted by molar-refractivity contribution is 7.16. The lowest BCUT2D eigenvalue weighted by Gasteiger charge is -2.31. The van der Waals surface area contributed by atoms with Gasteiger partial charge in [0.05, 0.1) is 12.5 Å². The van der Waals surface area contributed by atoms with Crippen LogP contribution in [-0.4, -0.2) is 42.0 Å². The molecule has 1 N–H and O–H groups in total. The van der Waals surface area contributed by atoms with Crippen LogP contribution in [0.1, 0.15) is 22.5 Å². The molecule has 3 rings (SSSR count). The van der Waals surface area contributed by atoms with Crippen LogP contribution in [0.25, 0.3) is 10.8 Å². The second-order valence-corrected chi connectivity index (χ2v) is 5.93. The molecule has 0 aliphatic carbocycles. The topological polar surface area (TPSA) is 58.4 Å². The fourth-order valence-corrected chi connectivity index (χ4v) is 3.29. The van der Waals surface area contributed by atoms with Crippen molar-refractivity contribution in [2.75, 3.05) is 20.1 Å². The normalized spacial score (nSPS) is 16.2. The van der Waals surface area contributed by atoms with Gasteiger partial charge in [-0.15, -0.1) is 11.3 Å². The Balaban J connectivity index is 1.73. The standard InChI is InChI=1S/C14H17N3O2S/c1-17(10-4-6-15-7-5-10)14(18)12-9-16-13(20-12)11-3-2-8-19-11/h2-3,8-10,15H,4-7H2,1H3. The van der Waals surface area contributed by atoms with Gasteiger partial charge in [-0.2, -0.15) is 0 Å². The zero-order valence-electron chi connectivity index (χ0n) is 11.3. The number of hydrogen-bond donors (Lipinski definition) is 1. The summed E-state index contributed by atoms with van der Waals surface area (Å²) in [6, 6.07) is 3.99. The number of amides is 1. The Kier molecular flexibility index (Phi) is 3.84. The fourth-order valence-electron chi connectivity index (χ4n) is 2.42. The van der Waals surface area contributed by atoms with E-state index < -0.39 is 0 Å². The van der Waals surface area contributed by atoms with Crippen molar-refractivity contribution in [3.8, 4) is 10.8 Å². The van der Waals surface area contributed by atoms with E-state index in [1.54, 1.807) is 12.5 Å². The number of carbonyl (C=O) groups is 1. The van der Waals surface area contributed by atoms with Crippen LogP contribution in [0.5, 0.6) is 0 Å². The van der Waals surface area contributed by atoms with Gasteiger partial charge in [-0.1, -0.05) is 0 Å². The summed E-state index contributed by atoms with van der Waals surface area (Å²) in [5, 5.41) is 4.06. The van der Waals surface area contributed by atoms with E-state index in [-0.39, 0.29) is 5.91 Å². The van der Waals surface area contributed by atoms with E-state index in [0.717, 1.165) is 30.9 Å². The number of nitrogens with zero attached hydrogens (tertiary/aromatic N) is 2. The molecule has 2 aromatic rings. The minimum atomic E-state index is 0.0483. The summed E-state index contributed by atoms with van der Waals surface area (Å²) >= 11 is 1.38. The predicted molar refractivity (Wildman–Crippen MR) is 77.8 cm³/mol. The summed E-state index contributed by atoms with van der Waals surface area (Å²) in [7, 11) is 1.88. The zero-order chi connectivity index (χ0) is 13.9.